The van der Waals surface area contributed by atoms with Gasteiger partial charge < -0.3 is 15.4 Å². The Bertz CT molecular complexity index is 897. The molecule has 0 saturated heterocycles. The summed E-state index contributed by atoms with van der Waals surface area (Å²) in [6.07, 6.45) is 1.22. The molecule has 0 aliphatic heterocycles. The van der Waals surface area contributed by atoms with Crippen LogP contribution in [-0.2, 0) is 34.3 Å². The largest absolute Gasteiger partial charge is 0.380 e. The Balaban J connectivity index is 0.00000392. The minimum Gasteiger partial charge on any atom is -0.380 e. The van der Waals surface area contributed by atoms with E-state index < -0.39 is 9.84 Å². The lowest BCUT2D eigenvalue weighted by Crippen LogP contribution is -2.36. The van der Waals surface area contributed by atoms with E-state index in [4.69, 9.17) is 4.74 Å². The molecule has 0 spiro atoms. The normalized spacial score (nSPS) is 11.6. The van der Waals surface area contributed by atoms with Crippen molar-refractivity contribution in [2.75, 3.05) is 20.4 Å². The molecule has 0 radical (unpaired) electrons. The number of sulfone groups is 1. The summed E-state index contributed by atoms with van der Waals surface area (Å²) in [5.41, 5.74) is 4.02. The predicted molar refractivity (Wildman–Crippen MR) is 124 cm³/mol. The van der Waals surface area contributed by atoms with Gasteiger partial charge in [-0.25, -0.2) is 8.42 Å². The van der Waals surface area contributed by atoms with E-state index >= 15 is 0 Å². The average Bonchev–Trinajstić information content (AvgIpc) is 2.62. The third-order valence-corrected chi connectivity index (χ3v) is 5.37. The number of hydrogen-bond donors (Lipinski definition) is 2. The Morgan fingerprint density at radius 3 is 2.04 bits per heavy atom. The molecule has 0 unspecified atom stereocenters. The molecule has 2 aromatic carbocycles. The molecule has 0 amide bonds. The Morgan fingerprint density at radius 1 is 1.00 bits per heavy atom. The number of nitrogens with zero attached hydrogens (tertiary/aromatic N) is 1. The Kier molecular flexibility index (Phi) is 9.91. The molecule has 6 nitrogen and oxygen atoms in total. The fourth-order valence-electron chi connectivity index (χ4n) is 2.75. The van der Waals surface area contributed by atoms with Crippen LogP contribution in [0.2, 0.25) is 0 Å². The van der Waals surface area contributed by atoms with Gasteiger partial charge in [-0.15, -0.1) is 24.0 Å². The molecule has 0 aliphatic rings. The first-order chi connectivity index (χ1) is 12.8. The zero-order chi connectivity index (χ0) is 19.9. The lowest BCUT2D eigenvalue weighted by Gasteiger charge is -2.13. The van der Waals surface area contributed by atoms with Crippen molar-refractivity contribution in [1.29, 1.82) is 0 Å². The number of ether oxygens (including phenoxy) is 1. The number of nitrogens with one attached hydrogen (secondary N) is 2. The van der Waals surface area contributed by atoms with E-state index in [2.05, 4.69) is 27.8 Å². The van der Waals surface area contributed by atoms with Crippen molar-refractivity contribution in [3.63, 3.8) is 0 Å². The molecule has 2 rings (SSSR count). The zero-order valence-corrected chi connectivity index (χ0v) is 19.8. The third-order valence-electron chi connectivity index (χ3n) is 4.12. The first-order valence-corrected chi connectivity index (χ1v) is 10.5. The monoisotopic (exact) mass is 517 g/mol. The van der Waals surface area contributed by atoms with Crippen LogP contribution in [0.1, 0.15) is 22.3 Å². The second-order valence-electron chi connectivity index (χ2n) is 6.40. The molecule has 0 bridgehead atoms. The number of aliphatic imine (C=N–C) groups is 1. The quantitative estimate of drug-likeness (QED) is 0.336. The molecule has 0 heterocycles. The first kappa shape index (κ1) is 24.4. The van der Waals surface area contributed by atoms with Crippen LogP contribution in [0.5, 0.6) is 0 Å². The van der Waals surface area contributed by atoms with Crippen molar-refractivity contribution in [1.82, 2.24) is 10.6 Å². The van der Waals surface area contributed by atoms with Gasteiger partial charge in [-0.1, -0.05) is 36.4 Å². The van der Waals surface area contributed by atoms with Crippen molar-refractivity contribution >= 4 is 39.8 Å². The van der Waals surface area contributed by atoms with Gasteiger partial charge in [0, 0.05) is 33.5 Å². The SMILES string of the molecule is CN=C(NCc1ccc(COC)cc1)NCc1ccc(S(C)(=O)=O)c(C)c1.I. The molecule has 0 fully saturated rings. The molecule has 2 aromatic rings. The van der Waals surface area contributed by atoms with E-state index in [1.165, 1.54) is 6.26 Å². The summed E-state index contributed by atoms with van der Waals surface area (Å²) in [6, 6.07) is 13.6. The highest BCUT2D eigenvalue weighted by atomic mass is 127. The van der Waals surface area contributed by atoms with Gasteiger partial charge in [-0.2, -0.15) is 0 Å². The highest BCUT2D eigenvalue weighted by Crippen LogP contribution is 2.16. The highest BCUT2D eigenvalue weighted by molar-refractivity contribution is 14.0. The number of guanidine groups is 1. The Labute approximate surface area is 184 Å². The van der Waals surface area contributed by atoms with E-state index in [9.17, 15) is 8.42 Å². The predicted octanol–water partition coefficient (Wildman–Crippen LogP) is 3.03. The van der Waals surface area contributed by atoms with Crippen LogP contribution in [0.15, 0.2) is 52.4 Å². The molecular weight excluding hydrogens is 489 g/mol. The number of hydrogen-bond acceptors (Lipinski definition) is 4. The maximum atomic E-state index is 11.7. The lowest BCUT2D eigenvalue weighted by molar-refractivity contribution is 0.185. The molecule has 0 aromatic heterocycles. The summed E-state index contributed by atoms with van der Waals surface area (Å²) < 4.78 is 28.5. The van der Waals surface area contributed by atoms with E-state index in [0.717, 1.165) is 22.3 Å². The Morgan fingerprint density at radius 2 is 1.54 bits per heavy atom. The molecule has 0 atom stereocenters. The van der Waals surface area contributed by atoms with Gasteiger partial charge in [0.15, 0.2) is 15.8 Å². The summed E-state index contributed by atoms with van der Waals surface area (Å²) in [5, 5.41) is 6.51. The molecule has 28 heavy (non-hydrogen) atoms. The van der Waals surface area contributed by atoms with Gasteiger partial charge in [-0.3, -0.25) is 4.99 Å². The van der Waals surface area contributed by atoms with Gasteiger partial charge >= 0.3 is 0 Å². The standard InChI is InChI=1S/C20H27N3O3S.HI/c1-15-11-18(9-10-19(15)27(4,24)25)13-23-20(21-2)22-12-16-5-7-17(8-6-16)14-26-3;/h5-11H,12-14H2,1-4H3,(H2,21,22,23);1H. The van der Waals surface area contributed by atoms with E-state index in [-0.39, 0.29) is 24.0 Å². The van der Waals surface area contributed by atoms with Crippen LogP contribution in [-0.4, -0.2) is 34.8 Å². The Hall–Kier alpha value is -1.65. The summed E-state index contributed by atoms with van der Waals surface area (Å²) in [7, 11) is 0.203. The van der Waals surface area contributed by atoms with Gasteiger partial charge in [0.25, 0.3) is 0 Å². The minimum atomic E-state index is -3.20. The van der Waals surface area contributed by atoms with Crippen LogP contribution in [0.4, 0.5) is 0 Å². The number of methoxy groups -OCH3 is 1. The topological polar surface area (TPSA) is 79.8 Å². The van der Waals surface area contributed by atoms with Crippen molar-refractivity contribution in [3.05, 3.63) is 64.7 Å². The highest BCUT2D eigenvalue weighted by Gasteiger charge is 2.11. The minimum absolute atomic E-state index is 0. The average molecular weight is 517 g/mol. The number of aryl methyl sites for hydroxylation is 1. The lowest BCUT2D eigenvalue weighted by atomic mass is 10.1. The summed E-state index contributed by atoms with van der Waals surface area (Å²) >= 11 is 0. The molecule has 0 aliphatic carbocycles. The number of halogens is 1. The smallest absolute Gasteiger partial charge is 0.191 e. The third kappa shape index (κ3) is 7.40. The van der Waals surface area contributed by atoms with Crippen LogP contribution < -0.4 is 10.6 Å². The second kappa shape index (κ2) is 11.4. The number of benzene rings is 2. The molecular formula is C20H28IN3O3S. The summed E-state index contributed by atoms with van der Waals surface area (Å²) in [6.45, 7) is 3.62. The van der Waals surface area contributed by atoms with Crippen molar-refractivity contribution < 1.29 is 13.2 Å². The molecule has 2 N–H and O–H groups in total. The molecule has 154 valence electrons. The van der Waals surface area contributed by atoms with Crippen molar-refractivity contribution in [3.8, 4) is 0 Å². The number of rotatable bonds is 7. The molecule has 0 saturated carbocycles. The first-order valence-electron chi connectivity index (χ1n) is 8.64. The van der Waals surface area contributed by atoms with Gasteiger partial charge in [0.2, 0.25) is 0 Å². The maximum Gasteiger partial charge on any atom is 0.191 e. The second-order valence-corrected chi connectivity index (χ2v) is 8.39. The van der Waals surface area contributed by atoms with Gasteiger partial charge in [0.05, 0.1) is 11.5 Å². The van der Waals surface area contributed by atoms with E-state index in [1.807, 2.05) is 24.3 Å². The fraction of sp³-hybridized carbons (Fsp3) is 0.350. The molecule has 8 heteroatoms. The zero-order valence-electron chi connectivity index (χ0n) is 16.7. The maximum absolute atomic E-state index is 11.7. The van der Waals surface area contributed by atoms with Crippen molar-refractivity contribution in [2.24, 2.45) is 4.99 Å². The fourth-order valence-corrected chi connectivity index (χ4v) is 3.71. The van der Waals surface area contributed by atoms with Crippen LogP contribution in [0.25, 0.3) is 0 Å². The summed E-state index contributed by atoms with van der Waals surface area (Å²) in [4.78, 5) is 4.59. The van der Waals surface area contributed by atoms with E-state index in [0.29, 0.717) is 30.6 Å². The van der Waals surface area contributed by atoms with Crippen LogP contribution in [0.3, 0.4) is 0 Å². The van der Waals surface area contributed by atoms with E-state index in [1.54, 1.807) is 27.1 Å². The van der Waals surface area contributed by atoms with Crippen LogP contribution in [0, 0.1) is 6.92 Å². The van der Waals surface area contributed by atoms with Gasteiger partial charge in [0.1, 0.15) is 0 Å². The summed E-state index contributed by atoms with van der Waals surface area (Å²) in [5.74, 6) is 0.681. The van der Waals surface area contributed by atoms with Crippen LogP contribution >= 0.6 is 24.0 Å². The van der Waals surface area contributed by atoms with Crippen molar-refractivity contribution in [2.45, 2.75) is 31.5 Å². The van der Waals surface area contributed by atoms with Gasteiger partial charge in [-0.05, 0) is 35.2 Å².